The summed E-state index contributed by atoms with van der Waals surface area (Å²) >= 11 is 0. The third kappa shape index (κ3) is 6.51. The molecule has 0 bridgehead atoms. The van der Waals surface area contributed by atoms with Crippen LogP contribution in [-0.2, 0) is 4.79 Å². The van der Waals surface area contributed by atoms with Gasteiger partial charge in [-0.2, -0.15) is 5.10 Å². The highest BCUT2D eigenvalue weighted by atomic mass is 16.2. The number of allylic oxidation sites excluding steroid dienone is 1. The average Bonchev–Trinajstić information content (AvgIpc) is 3.34. The Morgan fingerprint density at radius 1 is 1.07 bits per heavy atom. The Balaban J connectivity index is 1.58. The van der Waals surface area contributed by atoms with Gasteiger partial charge in [0.15, 0.2) is 5.65 Å². The van der Waals surface area contributed by atoms with Crippen LogP contribution in [0, 0.1) is 5.92 Å². The fourth-order valence-corrected chi connectivity index (χ4v) is 4.67. The summed E-state index contributed by atoms with van der Waals surface area (Å²) in [5, 5.41) is 11.0. The minimum Gasteiger partial charge on any atom is -0.352 e. The van der Waals surface area contributed by atoms with Crippen molar-refractivity contribution < 1.29 is 14.4 Å². The van der Waals surface area contributed by atoms with Crippen molar-refractivity contribution >= 4 is 34.5 Å². The van der Waals surface area contributed by atoms with Crippen LogP contribution in [0.4, 0.5) is 0 Å². The van der Waals surface area contributed by atoms with E-state index in [1.165, 1.54) is 0 Å². The molecule has 2 N–H and O–H groups in total. The number of hydrogen-bond acceptors (Lipinski definition) is 6. The minimum absolute atomic E-state index is 0.0310. The van der Waals surface area contributed by atoms with Crippen molar-refractivity contribution in [2.75, 3.05) is 33.7 Å². The third-order valence-corrected chi connectivity index (χ3v) is 6.85. The van der Waals surface area contributed by atoms with Crippen LogP contribution in [0.1, 0.15) is 60.9 Å². The lowest BCUT2D eigenvalue weighted by atomic mass is 9.95. The predicted octanol–water partition coefficient (Wildman–Crippen LogP) is 3.65. The summed E-state index contributed by atoms with van der Waals surface area (Å²) in [6.45, 7) is 9.29. The van der Waals surface area contributed by atoms with Gasteiger partial charge in [-0.25, -0.2) is 14.7 Å². The molecule has 1 aromatic carbocycles. The first-order valence-electron chi connectivity index (χ1n) is 13.5. The van der Waals surface area contributed by atoms with E-state index in [0.29, 0.717) is 40.1 Å². The van der Waals surface area contributed by atoms with Gasteiger partial charge in [0, 0.05) is 36.0 Å². The van der Waals surface area contributed by atoms with Crippen molar-refractivity contribution in [2.24, 2.45) is 10.9 Å². The number of amides is 3. The zero-order valence-corrected chi connectivity index (χ0v) is 24.0. The number of nitrogens with zero attached hydrogens (tertiary/aromatic N) is 5. The topological polar surface area (TPSA) is 122 Å². The fourth-order valence-electron chi connectivity index (χ4n) is 4.67. The third-order valence-electron chi connectivity index (χ3n) is 6.85. The molecule has 0 saturated carbocycles. The van der Waals surface area contributed by atoms with Gasteiger partial charge in [0.1, 0.15) is 0 Å². The summed E-state index contributed by atoms with van der Waals surface area (Å²) in [5.41, 5.74) is 4.45. The second-order valence-corrected chi connectivity index (χ2v) is 10.7. The average molecular weight is 544 g/mol. The first-order chi connectivity index (χ1) is 19.0. The van der Waals surface area contributed by atoms with E-state index in [1.807, 2.05) is 53.1 Å². The molecule has 0 spiro atoms. The van der Waals surface area contributed by atoms with E-state index in [-0.39, 0.29) is 30.3 Å². The molecule has 10 nitrogen and oxygen atoms in total. The van der Waals surface area contributed by atoms with Crippen LogP contribution in [0.3, 0.4) is 0 Å². The Labute approximate surface area is 234 Å². The van der Waals surface area contributed by atoms with Crippen molar-refractivity contribution in [2.45, 2.75) is 40.2 Å². The van der Waals surface area contributed by atoms with Crippen LogP contribution in [-0.4, -0.2) is 76.8 Å². The lowest BCUT2D eigenvalue weighted by Gasteiger charge is -2.19. The molecular formula is C30H37N7O3. The van der Waals surface area contributed by atoms with E-state index in [9.17, 15) is 14.4 Å². The second kappa shape index (κ2) is 12.3. The lowest BCUT2D eigenvalue weighted by Crippen LogP contribution is -2.34. The Kier molecular flexibility index (Phi) is 8.89. The number of hydrogen-bond donors (Lipinski definition) is 2. The van der Waals surface area contributed by atoms with E-state index in [0.717, 1.165) is 24.1 Å². The predicted molar refractivity (Wildman–Crippen MR) is 157 cm³/mol. The number of aromatic nitrogens is 3. The number of nitrogens with one attached hydrogen (secondary N) is 2. The minimum atomic E-state index is -0.496. The van der Waals surface area contributed by atoms with Crippen molar-refractivity contribution in [3.8, 4) is 11.3 Å². The van der Waals surface area contributed by atoms with Crippen molar-refractivity contribution in [3.63, 3.8) is 0 Å². The van der Waals surface area contributed by atoms with E-state index in [1.54, 1.807) is 36.0 Å². The summed E-state index contributed by atoms with van der Waals surface area (Å²) in [4.78, 5) is 49.4. The summed E-state index contributed by atoms with van der Waals surface area (Å²) in [6, 6.07) is 8.94. The standard InChI is InChI=1S/C30H37N7O3/c1-18(2)37-27-25(17-33-37)23(29(39)32-16-24-19(3)14-20(4)34-30(24)40)15-26(35-27)21-8-10-22(11-9-21)28(38)31-12-7-13-36(5)6/h8-11,14-15,17-18,24H,7,12-13,16H2,1-6H3,(H,31,38)(H,32,39). The zero-order chi connectivity index (χ0) is 29.0. The smallest absolute Gasteiger partial charge is 0.254 e. The summed E-state index contributed by atoms with van der Waals surface area (Å²) < 4.78 is 1.78. The van der Waals surface area contributed by atoms with Gasteiger partial charge in [0.2, 0.25) is 0 Å². The molecule has 1 aliphatic heterocycles. The molecule has 0 fully saturated rings. The molecule has 1 atom stereocenters. The molecule has 1 aliphatic rings. The first kappa shape index (κ1) is 28.8. The quantitative estimate of drug-likeness (QED) is 0.377. The number of carbonyl (C=O) groups excluding carboxylic acids is 3. The monoisotopic (exact) mass is 543 g/mol. The molecule has 0 saturated heterocycles. The molecule has 4 rings (SSSR count). The van der Waals surface area contributed by atoms with Gasteiger partial charge in [-0.1, -0.05) is 17.7 Å². The van der Waals surface area contributed by atoms with E-state index >= 15 is 0 Å². The maximum absolute atomic E-state index is 13.5. The molecule has 3 amide bonds. The van der Waals surface area contributed by atoms with Gasteiger partial charge in [-0.3, -0.25) is 14.4 Å². The van der Waals surface area contributed by atoms with Crippen LogP contribution >= 0.6 is 0 Å². The molecule has 40 heavy (non-hydrogen) atoms. The number of rotatable bonds is 10. The van der Waals surface area contributed by atoms with Crippen LogP contribution in [0.2, 0.25) is 0 Å². The van der Waals surface area contributed by atoms with Gasteiger partial charge in [0.25, 0.3) is 17.7 Å². The van der Waals surface area contributed by atoms with Crippen LogP contribution in [0.5, 0.6) is 0 Å². The Morgan fingerprint density at radius 3 is 2.45 bits per heavy atom. The molecule has 0 radical (unpaired) electrons. The van der Waals surface area contributed by atoms with Gasteiger partial charge in [-0.15, -0.1) is 0 Å². The number of aliphatic imine (C=N–C) groups is 1. The highest BCUT2D eigenvalue weighted by molar-refractivity contribution is 6.08. The second-order valence-electron chi connectivity index (χ2n) is 10.7. The van der Waals surface area contributed by atoms with Crippen molar-refractivity contribution in [1.29, 1.82) is 0 Å². The molecule has 0 aliphatic carbocycles. The molecule has 2 aromatic heterocycles. The van der Waals surface area contributed by atoms with Gasteiger partial charge >= 0.3 is 0 Å². The molecular weight excluding hydrogens is 506 g/mol. The highest BCUT2D eigenvalue weighted by Crippen LogP contribution is 2.27. The number of pyridine rings is 1. The Hall–Kier alpha value is -4.18. The number of fused-ring (bicyclic) bond motifs is 1. The SMILES string of the molecule is CC1=CC(C)=NC(=O)C1CNC(=O)c1cc(-c2ccc(C(=O)NCCCN(C)C)cc2)nc2c1cnn2C(C)C. The first-order valence-corrected chi connectivity index (χ1v) is 13.5. The number of carbonyl (C=O) groups is 3. The van der Waals surface area contributed by atoms with Crippen LogP contribution in [0.25, 0.3) is 22.3 Å². The summed E-state index contributed by atoms with van der Waals surface area (Å²) in [6.07, 6.45) is 4.38. The fraction of sp³-hybridized carbons (Fsp3) is 0.400. The molecule has 1 unspecified atom stereocenters. The Morgan fingerprint density at radius 2 is 1.80 bits per heavy atom. The molecule has 3 aromatic rings. The molecule has 10 heteroatoms. The van der Waals surface area contributed by atoms with Crippen LogP contribution < -0.4 is 10.6 Å². The number of benzene rings is 1. The van der Waals surface area contributed by atoms with Crippen molar-refractivity contribution in [1.82, 2.24) is 30.3 Å². The largest absolute Gasteiger partial charge is 0.352 e. The lowest BCUT2D eigenvalue weighted by molar-refractivity contribution is -0.120. The summed E-state index contributed by atoms with van der Waals surface area (Å²) in [7, 11) is 4.00. The van der Waals surface area contributed by atoms with Crippen LogP contribution in [0.15, 0.2) is 53.2 Å². The van der Waals surface area contributed by atoms with Gasteiger partial charge in [0.05, 0.1) is 28.8 Å². The summed E-state index contributed by atoms with van der Waals surface area (Å²) in [5.74, 6) is -1.21. The van der Waals surface area contributed by atoms with E-state index in [2.05, 4.69) is 25.6 Å². The van der Waals surface area contributed by atoms with E-state index in [4.69, 9.17) is 4.98 Å². The van der Waals surface area contributed by atoms with Gasteiger partial charge in [-0.05, 0) is 79.0 Å². The van der Waals surface area contributed by atoms with Gasteiger partial charge < -0.3 is 15.5 Å². The highest BCUT2D eigenvalue weighted by Gasteiger charge is 2.25. The normalized spacial score (nSPS) is 15.4. The molecule has 210 valence electrons. The Bertz CT molecular complexity index is 1480. The van der Waals surface area contributed by atoms with Crippen molar-refractivity contribution in [3.05, 3.63) is 59.3 Å². The molecule has 3 heterocycles. The van der Waals surface area contributed by atoms with E-state index < -0.39 is 5.92 Å². The number of dihydropyridines is 1. The zero-order valence-electron chi connectivity index (χ0n) is 24.0. The maximum Gasteiger partial charge on any atom is 0.254 e. The maximum atomic E-state index is 13.5.